The maximum atomic E-state index is 10.4. The number of benzene rings is 1. The fraction of sp³-hybridized carbons (Fsp3) is 0.125. The predicted octanol–water partition coefficient (Wildman–Crippen LogP) is -0.0803. The van der Waals surface area contributed by atoms with E-state index in [2.05, 4.69) is 0 Å². The van der Waals surface area contributed by atoms with Crippen LogP contribution in [-0.4, -0.2) is 20.9 Å². The van der Waals surface area contributed by atoms with Gasteiger partial charge in [0.2, 0.25) is 0 Å². The third kappa shape index (κ3) is 3.21. The van der Waals surface area contributed by atoms with Gasteiger partial charge in [-0.05, 0) is 0 Å². The molecule has 1 aromatic rings. The maximum absolute atomic E-state index is 10.4. The molecular weight excluding hydrogens is 205 g/mol. The van der Waals surface area contributed by atoms with Crippen LogP contribution in [0, 0.1) is 0 Å². The molecule has 0 aliphatic rings. The minimum atomic E-state index is -0.214. The second-order valence-corrected chi connectivity index (χ2v) is 4.27. The van der Waals surface area contributed by atoms with E-state index in [9.17, 15) is 4.79 Å². The molecule has 2 N–H and O–H groups in total. The molecule has 0 radical (unpaired) electrons. The van der Waals surface area contributed by atoms with Gasteiger partial charge in [0.25, 0.3) is 0 Å². The molecule has 0 saturated heterocycles. The van der Waals surface area contributed by atoms with Gasteiger partial charge in [-0.1, -0.05) is 0 Å². The Morgan fingerprint density at radius 2 is 2.00 bits per heavy atom. The Kier molecular flexibility index (Phi) is 3.14. The van der Waals surface area contributed by atoms with E-state index in [0.717, 1.165) is 0 Å². The van der Waals surface area contributed by atoms with E-state index < -0.39 is 0 Å². The number of carbonyl (C=O) groups is 1. The Morgan fingerprint density at radius 1 is 1.36 bits per heavy atom. The number of hydrogen-bond acceptors (Lipinski definition) is 1. The van der Waals surface area contributed by atoms with Crippen molar-refractivity contribution in [3.8, 4) is 0 Å². The summed E-state index contributed by atoms with van der Waals surface area (Å²) in [5, 5.41) is 0.497. The Labute approximate surface area is 71.9 Å². The summed E-state index contributed by atoms with van der Waals surface area (Å²) in [6.45, 7) is 0. The van der Waals surface area contributed by atoms with E-state index in [4.69, 9.17) is 5.73 Å². The van der Waals surface area contributed by atoms with Crippen molar-refractivity contribution in [2.75, 3.05) is 0 Å². The first-order valence-corrected chi connectivity index (χ1v) is 5.32. The zero-order valence-corrected chi connectivity index (χ0v) is 7.70. The monoisotopic (exact) mass is 215 g/mol. The molecule has 1 rings (SSSR count). The van der Waals surface area contributed by atoms with E-state index in [1.165, 1.54) is 4.46 Å². The molecule has 1 amide bonds. The van der Waals surface area contributed by atoms with E-state index in [1.54, 1.807) is 0 Å². The van der Waals surface area contributed by atoms with E-state index in [-0.39, 0.29) is 20.9 Å². The summed E-state index contributed by atoms with van der Waals surface area (Å²) >= 11 is 0.215. The summed E-state index contributed by atoms with van der Waals surface area (Å²) < 4.78 is 1.22. The van der Waals surface area contributed by atoms with Crippen molar-refractivity contribution in [1.82, 2.24) is 0 Å². The van der Waals surface area contributed by atoms with Gasteiger partial charge in [-0.15, -0.1) is 0 Å². The van der Waals surface area contributed by atoms with Crippen LogP contribution in [-0.2, 0) is 4.79 Å². The Balaban J connectivity index is 2.45. The normalized spacial score (nSPS) is 9.45. The first-order chi connectivity index (χ1) is 5.29. The van der Waals surface area contributed by atoms with Gasteiger partial charge in [0.1, 0.15) is 0 Å². The Hall–Kier alpha value is -0.791. The molecular formula is C8H9NOSe. The summed E-state index contributed by atoms with van der Waals surface area (Å²) in [4.78, 5) is 10.4. The number of hydrogen-bond donors (Lipinski definition) is 1. The van der Waals surface area contributed by atoms with Crippen LogP contribution in [0.1, 0.15) is 0 Å². The first-order valence-electron chi connectivity index (χ1n) is 3.25. The van der Waals surface area contributed by atoms with Crippen LogP contribution in [0.5, 0.6) is 0 Å². The van der Waals surface area contributed by atoms with Crippen molar-refractivity contribution in [1.29, 1.82) is 0 Å². The van der Waals surface area contributed by atoms with Crippen LogP contribution in [0.4, 0.5) is 0 Å². The average Bonchev–Trinajstić information content (AvgIpc) is 2.03. The van der Waals surface area contributed by atoms with E-state index in [0.29, 0.717) is 5.32 Å². The van der Waals surface area contributed by atoms with Crippen LogP contribution in [0.25, 0.3) is 0 Å². The van der Waals surface area contributed by atoms with Crippen molar-refractivity contribution < 1.29 is 4.79 Å². The molecule has 0 spiro atoms. The number of amides is 1. The van der Waals surface area contributed by atoms with Crippen LogP contribution in [0.2, 0.25) is 5.32 Å². The van der Waals surface area contributed by atoms with Gasteiger partial charge in [0.05, 0.1) is 0 Å². The SMILES string of the molecule is NC(=O)C[Se]c1ccccc1. The summed E-state index contributed by atoms with van der Waals surface area (Å²) in [6.07, 6.45) is 0. The molecule has 11 heavy (non-hydrogen) atoms. The molecule has 1 aromatic carbocycles. The molecule has 0 aliphatic carbocycles. The van der Waals surface area contributed by atoms with Gasteiger partial charge in [-0.25, -0.2) is 0 Å². The molecule has 0 saturated carbocycles. The van der Waals surface area contributed by atoms with Gasteiger partial charge < -0.3 is 0 Å². The number of primary amides is 1. The topological polar surface area (TPSA) is 43.1 Å². The second kappa shape index (κ2) is 4.16. The summed E-state index contributed by atoms with van der Waals surface area (Å²) in [5.74, 6) is -0.214. The van der Waals surface area contributed by atoms with Crippen LogP contribution in [0.3, 0.4) is 0 Å². The standard InChI is InChI=1S/C8H9NOSe/c9-8(10)6-11-7-4-2-1-3-5-7/h1-5H,6H2,(H2,9,10). The van der Waals surface area contributed by atoms with Crippen LogP contribution < -0.4 is 10.2 Å². The quantitative estimate of drug-likeness (QED) is 0.702. The van der Waals surface area contributed by atoms with Gasteiger partial charge in [-0.3, -0.25) is 0 Å². The third-order valence-electron chi connectivity index (χ3n) is 1.12. The number of carbonyl (C=O) groups excluding carboxylic acids is 1. The third-order valence-corrected chi connectivity index (χ3v) is 3.29. The van der Waals surface area contributed by atoms with Gasteiger partial charge >= 0.3 is 71.5 Å². The molecule has 0 bridgehead atoms. The first kappa shape index (κ1) is 8.31. The van der Waals surface area contributed by atoms with Gasteiger partial charge in [0, 0.05) is 0 Å². The summed E-state index contributed by atoms with van der Waals surface area (Å²) in [7, 11) is 0. The molecule has 0 unspecified atom stereocenters. The van der Waals surface area contributed by atoms with Gasteiger partial charge in [0.15, 0.2) is 0 Å². The fourth-order valence-electron chi connectivity index (χ4n) is 0.671. The summed E-state index contributed by atoms with van der Waals surface area (Å²) in [5.41, 5.74) is 5.02. The Morgan fingerprint density at radius 3 is 2.55 bits per heavy atom. The van der Waals surface area contributed by atoms with Crippen molar-refractivity contribution in [3.05, 3.63) is 30.3 Å². The number of rotatable bonds is 3. The van der Waals surface area contributed by atoms with Crippen LogP contribution >= 0.6 is 0 Å². The average molecular weight is 214 g/mol. The Bertz CT molecular complexity index is 235. The molecule has 3 heteroatoms. The second-order valence-electron chi connectivity index (χ2n) is 2.07. The zero-order chi connectivity index (χ0) is 8.10. The van der Waals surface area contributed by atoms with E-state index >= 15 is 0 Å². The van der Waals surface area contributed by atoms with Crippen molar-refractivity contribution in [2.45, 2.75) is 5.32 Å². The summed E-state index contributed by atoms with van der Waals surface area (Å²) in [6, 6.07) is 9.94. The van der Waals surface area contributed by atoms with Crippen LogP contribution in [0.15, 0.2) is 30.3 Å². The molecule has 58 valence electrons. The minimum absolute atomic E-state index is 0.214. The molecule has 0 atom stereocenters. The fourth-order valence-corrected chi connectivity index (χ4v) is 2.05. The molecule has 0 fully saturated rings. The van der Waals surface area contributed by atoms with Gasteiger partial charge in [-0.2, -0.15) is 0 Å². The van der Waals surface area contributed by atoms with E-state index in [1.807, 2.05) is 30.3 Å². The van der Waals surface area contributed by atoms with Crippen molar-refractivity contribution in [3.63, 3.8) is 0 Å². The van der Waals surface area contributed by atoms with Crippen molar-refractivity contribution >= 4 is 25.3 Å². The number of nitrogens with two attached hydrogens (primary N) is 1. The molecule has 0 aliphatic heterocycles. The van der Waals surface area contributed by atoms with Crippen molar-refractivity contribution in [2.24, 2.45) is 5.73 Å². The predicted molar refractivity (Wildman–Crippen MR) is 45.8 cm³/mol. The molecule has 0 heterocycles. The molecule has 0 aromatic heterocycles. The molecule has 2 nitrogen and oxygen atoms in total. The zero-order valence-electron chi connectivity index (χ0n) is 5.99.